The van der Waals surface area contributed by atoms with Gasteiger partial charge in [0.1, 0.15) is 6.04 Å². The number of piperazine rings is 1. The van der Waals surface area contributed by atoms with Crippen molar-refractivity contribution in [3.63, 3.8) is 0 Å². The summed E-state index contributed by atoms with van der Waals surface area (Å²) in [5, 5.41) is 17.3. The number of carbonyl (C=O) groups is 1. The number of halogens is 1. The Bertz CT molecular complexity index is 552. The van der Waals surface area contributed by atoms with E-state index in [-0.39, 0.29) is 17.6 Å². The largest absolute Gasteiger partial charge is 0.358 e. The first-order valence-electron chi connectivity index (χ1n) is 6.62. The number of hydrogen-bond donors (Lipinski definition) is 2. The van der Waals surface area contributed by atoms with Crippen LogP contribution < -0.4 is 10.6 Å². The van der Waals surface area contributed by atoms with Gasteiger partial charge in [-0.05, 0) is 12.1 Å². The number of rotatable bonds is 4. The van der Waals surface area contributed by atoms with Crippen LogP contribution in [0.15, 0.2) is 18.2 Å². The maximum atomic E-state index is 11.9. The Labute approximate surface area is 127 Å². The van der Waals surface area contributed by atoms with Crippen LogP contribution in [0.1, 0.15) is 5.56 Å². The Kier molecular flexibility index (Phi) is 5.11. The molecule has 114 valence electrons. The van der Waals surface area contributed by atoms with Crippen LogP contribution in [-0.4, -0.2) is 48.5 Å². The number of nitrogens with zero attached hydrogens (tertiary/aromatic N) is 2. The van der Waals surface area contributed by atoms with Crippen LogP contribution in [0.3, 0.4) is 0 Å². The molecule has 2 rings (SSSR count). The molecular weight excluding hydrogens is 296 g/mol. The summed E-state index contributed by atoms with van der Waals surface area (Å²) in [7, 11) is 1.58. The second-order valence-electron chi connectivity index (χ2n) is 4.83. The van der Waals surface area contributed by atoms with Crippen molar-refractivity contribution in [2.45, 2.75) is 12.6 Å². The molecule has 0 bridgehead atoms. The van der Waals surface area contributed by atoms with E-state index in [4.69, 9.17) is 11.6 Å². The van der Waals surface area contributed by atoms with Crippen molar-refractivity contribution >= 4 is 23.2 Å². The fraction of sp³-hybridized carbons (Fsp3) is 0.462. The van der Waals surface area contributed by atoms with Gasteiger partial charge < -0.3 is 10.6 Å². The summed E-state index contributed by atoms with van der Waals surface area (Å²) >= 11 is 5.93. The van der Waals surface area contributed by atoms with Gasteiger partial charge in [0.15, 0.2) is 0 Å². The third-order valence-electron chi connectivity index (χ3n) is 3.51. The van der Waals surface area contributed by atoms with E-state index < -0.39 is 4.92 Å². The van der Waals surface area contributed by atoms with Crippen molar-refractivity contribution in [2.75, 3.05) is 26.7 Å². The number of likely N-dealkylation sites (N-methyl/N-ethyl adjacent to an activating group) is 1. The third kappa shape index (κ3) is 3.69. The van der Waals surface area contributed by atoms with Crippen molar-refractivity contribution in [2.24, 2.45) is 0 Å². The van der Waals surface area contributed by atoms with E-state index in [2.05, 4.69) is 10.6 Å². The Hall–Kier alpha value is -1.70. The molecule has 0 aliphatic carbocycles. The van der Waals surface area contributed by atoms with E-state index in [9.17, 15) is 14.9 Å². The quantitative estimate of drug-likeness (QED) is 0.633. The molecule has 2 N–H and O–H groups in total. The van der Waals surface area contributed by atoms with Gasteiger partial charge in [-0.1, -0.05) is 11.6 Å². The highest BCUT2D eigenvalue weighted by Crippen LogP contribution is 2.25. The van der Waals surface area contributed by atoms with E-state index in [1.165, 1.54) is 12.1 Å². The monoisotopic (exact) mass is 312 g/mol. The number of benzene rings is 1. The molecule has 1 unspecified atom stereocenters. The fourth-order valence-electron chi connectivity index (χ4n) is 2.44. The predicted molar refractivity (Wildman–Crippen MR) is 79.2 cm³/mol. The summed E-state index contributed by atoms with van der Waals surface area (Å²) in [5.74, 6) is -0.105. The van der Waals surface area contributed by atoms with Crippen LogP contribution in [0.4, 0.5) is 5.69 Å². The Morgan fingerprint density at radius 1 is 1.62 bits per heavy atom. The highest BCUT2D eigenvalue weighted by Gasteiger charge is 2.29. The fourth-order valence-corrected chi connectivity index (χ4v) is 2.63. The number of nitro benzene ring substituents is 1. The standard InChI is InChI=1S/C13H17ClN4O3/c1-15-13(19)12-7-16-4-5-17(12)8-9-6-10(14)2-3-11(9)18(20)21/h2-3,6,12,16H,4-5,7-8H2,1H3,(H,15,19). The molecule has 1 aliphatic rings. The van der Waals surface area contributed by atoms with Crippen LogP contribution in [0.2, 0.25) is 5.02 Å². The number of amides is 1. The highest BCUT2D eigenvalue weighted by molar-refractivity contribution is 6.30. The van der Waals surface area contributed by atoms with Gasteiger partial charge in [0, 0.05) is 49.9 Å². The first-order chi connectivity index (χ1) is 10.0. The van der Waals surface area contributed by atoms with E-state index in [1.54, 1.807) is 13.1 Å². The Morgan fingerprint density at radius 3 is 3.05 bits per heavy atom. The third-order valence-corrected chi connectivity index (χ3v) is 3.75. The van der Waals surface area contributed by atoms with Crippen LogP contribution in [0.5, 0.6) is 0 Å². The number of nitro groups is 1. The predicted octanol–water partition coefficient (Wildman–Crippen LogP) is 0.768. The van der Waals surface area contributed by atoms with Gasteiger partial charge in [0.05, 0.1) is 4.92 Å². The van der Waals surface area contributed by atoms with Gasteiger partial charge in [-0.15, -0.1) is 0 Å². The summed E-state index contributed by atoms with van der Waals surface area (Å²) in [6.07, 6.45) is 0. The molecule has 0 spiro atoms. The SMILES string of the molecule is CNC(=O)C1CNCCN1Cc1cc(Cl)ccc1[N+](=O)[O-]. The summed E-state index contributed by atoms with van der Waals surface area (Å²) < 4.78 is 0. The van der Waals surface area contributed by atoms with Crippen molar-refractivity contribution in [1.82, 2.24) is 15.5 Å². The minimum Gasteiger partial charge on any atom is -0.358 e. The molecule has 0 saturated carbocycles. The molecule has 1 amide bonds. The number of carbonyl (C=O) groups excluding carboxylic acids is 1. The van der Waals surface area contributed by atoms with Crippen molar-refractivity contribution < 1.29 is 9.72 Å². The minimum atomic E-state index is -0.428. The van der Waals surface area contributed by atoms with E-state index in [0.717, 1.165) is 6.54 Å². The molecule has 1 fully saturated rings. The zero-order valence-corrected chi connectivity index (χ0v) is 12.4. The average molecular weight is 313 g/mol. The molecular formula is C13H17ClN4O3. The van der Waals surface area contributed by atoms with Crippen molar-refractivity contribution in [3.8, 4) is 0 Å². The molecule has 1 atom stereocenters. The molecule has 8 heteroatoms. The molecule has 1 aromatic rings. The van der Waals surface area contributed by atoms with Crippen LogP contribution in [-0.2, 0) is 11.3 Å². The second-order valence-corrected chi connectivity index (χ2v) is 5.27. The van der Waals surface area contributed by atoms with Gasteiger partial charge in [-0.2, -0.15) is 0 Å². The van der Waals surface area contributed by atoms with E-state index in [0.29, 0.717) is 30.2 Å². The molecule has 1 heterocycles. The normalized spacial score (nSPS) is 19.2. The summed E-state index contributed by atoms with van der Waals surface area (Å²) in [6.45, 7) is 2.22. The van der Waals surface area contributed by atoms with Crippen LogP contribution in [0.25, 0.3) is 0 Å². The van der Waals surface area contributed by atoms with Gasteiger partial charge in [0.2, 0.25) is 5.91 Å². The lowest BCUT2D eigenvalue weighted by molar-refractivity contribution is -0.385. The molecule has 1 aliphatic heterocycles. The van der Waals surface area contributed by atoms with E-state index in [1.807, 2.05) is 4.90 Å². The van der Waals surface area contributed by atoms with Gasteiger partial charge in [0.25, 0.3) is 5.69 Å². The minimum absolute atomic E-state index is 0.0218. The average Bonchev–Trinajstić information content (AvgIpc) is 2.47. The first-order valence-corrected chi connectivity index (χ1v) is 7.00. The molecule has 7 nitrogen and oxygen atoms in total. The molecule has 1 saturated heterocycles. The molecule has 0 aromatic heterocycles. The Morgan fingerprint density at radius 2 is 2.38 bits per heavy atom. The lowest BCUT2D eigenvalue weighted by atomic mass is 10.1. The second kappa shape index (κ2) is 6.84. The number of nitrogens with one attached hydrogen (secondary N) is 2. The van der Waals surface area contributed by atoms with Gasteiger partial charge >= 0.3 is 0 Å². The van der Waals surface area contributed by atoms with Crippen LogP contribution in [0, 0.1) is 10.1 Å². The smallest absolute Gasteiger partial charge is 0.273 e. The maximum Gasteiger partial charge on any atom is 0.273 e. The van der Waals surface area contributed by atoms with Crippen molar-refractivity contribution in [1.29, 1.82) is 0 Å². The molecule has 21 heavy (non-hydrogen) atoms. The summed E-state index contributed by atoms with van der Waals surface area (Å²) in [6, 6.07) is 4.14. The molecule has 1 aromatic carbocycles. The lowest BCUT2D eigenvalue weighted by Crippen LogP contribution is -2.56. The van der Waals surface area contributed by atoms with E-state index >= 15 is 0 Å². The number of hydrogen-bond acceptors (Lipinski definition) is 5. The van der Waals surface area contributed by atoms with Gasteiger partial charge in [-0.25, -0.2) is 0 Å². The summed E-state index contributed by atoms with van der Waals surface area (Å²) in [4.78, 5) is 24.5. The van der Waals surface area contributed by atoms with Crippen molar-refractivity contribution in [3.05, 3.63) is 38.9 Å². The Balaban J connectivity index is 2.24. The van der Waals surface area contributed by atoms with Crippen LogP contribution >= 0.6 is 11.6 Å². The zero-order chi connectivity index (χ0) is 15.4. The lowest BCUT2D eigenvalue weighted by Gasteiger charge is -2.34. The highest BCUT2D eigenvalue weighted by atomic mass is 35.5. The van der Waals surface area contributed by atoms with Gasteiger partial charge in [-0.3, -0.25) is 19.8 Å². The maximum absolute atomic E-state index is 11.9. The molecule has 0 radical (unpaired) electrons. The first kappa shape index (κ1) is 15.7. The topological polar surface area (TPSA) is 87.5 Å². The zero-order valence-electron chi connectivity index (χ0n) is 11.6. The summed E-state index contributed by atoms with van der Waals surface area (Å²) in [5.41, 5.74) is 0.539.